The Hall–Kier alpha value is -4.64. The number of terminal acetylenes is 1. The third-order valence-electron chi connectivity index (χ3n) is 5.73. The molecule has 0 heterocycles. The van der Waals surface area contributed by atoms with E-state index in [1.807, 2.05) is 48.5 Å². The number of fused-ring (bicyclic) bond motifs is 3. The minimum Gasteiger partial charge on any atom is -0.480 e. The number of amides is 2. The van der Waals surface area contributed by atoms with Gasteiger partial charge in [0, 0.05) is 18.0 Å². The Morgan fingerprint density at radius 1 is 1.03 bits per heavy atom. The second-order valence-corrected chi connectivity index (χ2v) is 7.92. The van der Waals surface area contributed by atoms with E-state index in [1.165, 1.54) is 6.07 Å². The lowest BCUT2D eigenvalue weighted by Gasteiger charge is -2.15. The van der Waals surface area contributed by atoms with Gasteiger partial charge in [0.2, 0.25) is 0 Å². The number of hydrogen-bond acceptors (Lipinski definition) is 4. The van der Waals surface area contributed by atoms with Crippen LogP contribution in [0.25, 0.3) is 11.1 Å². The monoisotopic (exact) mass is 472 g/mol. The van der Waals surface area contributed by atoms with Crippen LogP contribution in [0.15, 0.2) is 66.7 Å². The number of rotatable bonds is 7. The van der Waals surface area contributed by atoms with Gasteiger partial charge in [0.15, 0.2) is 0 Å². The van der Waals surface area contributed by atoms with E-state index < -0.39 is 29.8 Å². The molecule has 0 saturated heterocycles. The molecule has 2 amide bonds. The molecule has 176 valence electrons. The van der Waals surface area contributed by atoms with Crippen LogP contribution in [-0.4, -0.2) is 35.7 Å². The SMILES string of the molecule is C#CCC(NC(=O)c1ccc(NC(=O)OCC2c3ccccc3-c3ccccc32)cc1F)C(=O)O. The number of aliphatic carboxylic acids is 1. The first-order valence-electron chi connectivity index (χ1n) is 10.8. The molecule has 1 unspecified atom stereocenters. The van der Waals surface area contributed by atoms with Crippen molar-refractivity contribution in [3.05, 3.63) is 89.2 Å². The van der Waals surface area contributed by atoms with Crippen LogP contribution in [0.5, 0.6) is 0 Å². The molecule has 1 aliphatic rings. The van der Waals surface area contributed by atoms with Gasteiger partial charge in [0.05, 0.1) is 5.56 Å². The molecule has 0 saturated carbocycles. The molecule has 0 spiro atoms. The third kappa shape index (κ3) is 4.99. The largest absolute Gasteiger partial charge is 0.480 e. The van der Waals surface area contributed by atoms with Crippen LogP contribution in [0.2, 0.25) is 0 Å². The van der Waals surface area contributed by atoms with Crippen molar-refractivity contribution in [3.63, 3.8) is 0 Å². The smallest absolute Gasteiger partial charge is 0.411 e. The molecule has 0 aliphatic heterocycles. The number of carboxylic acid groups (broad SMARTS) is 1. The van der Waals surface area contributed by atoms with Crippen molar-refractivity contribution in [1.29, 1.82) is 0 Å². The third-order valence-corrected chi connectivity index (χ3v) is 5.73. The summed E-state index contributed by atoms with van der Waals surface area (Å²) in [7, 11) is 0. The van der Waals surface area contributed by atoms with Crippen molar-refractivity contribution in [3.8, 4) is 23.5 Å². The highest BCUT2D eigenvalue weighted by molar-refractivity contribution is 5.97. The molecule has 7 nitrogen and oxygen atoms in total. The summed E-state index contributed by atoms with van der Waals surface area (Å²) >= 11 is 0. The zero-order valence-electron chi connectivity index (χ0n) is 18.5. The van der Waals surface area contributed by atoms with Crippen molar-refractivity contribution in [2.75, 3.05) is 11.9 Å². The Morgan fingerprint density at radius 2 is 1.66 bits per heavy atom. The number of halogens is 1. The molecule has 4 rings (SSSR count). The highest BCUT2D eigenvalue weighted by Gasteiger charge is 2.29. The summed E-state index contributed by atoms with van der Waals surface area (Å²) in [5, 5.41) is 13.7. The van der Waals surface area contributed by atoms with Gasteiger partial charge in [-0.2, -0.15) is 0 Å². The van der Waals surface area contributed by atoms with E-state index in [0.29, 0.717) is 0 Å². The summed E-state index contributed by atoms with van der Waals surface area (Å²) < 4.78 is 19.9. The lowest BCUT2D eigenvalue weighted by atomic mass is 9.98. The Morgan fingerprint density at radius 3 is 2.23 bits per heavy atom. The molecule has 1 atom stereocenters. The average Bonchev–Trinajstić information content (AvgIpc) is 3.16. The van der Waals surface area contributed by atoms with Crippen LogP contribution in [0.4, 0.5) is 14.9 Å². The van der Waals surface area contributed by atoms with Crippen LogP contribution in [-0.2, 0) is 9.53 Å². The Balaban J connectivity index is 1.40. The molecule has 3 aromatic carbocycles. The summed E-state index contributed by atoms with van der Waals surface area (Å²) in [6, 6.07) is 17.9. The van der Waals surface area contributed by atoms with E-state index in [4.69, 9.17) is 16.3 Å². The number of carbonyl (C=O) groups is 3. The molecule has 3 aromatic rings. The Labute approximate surface area is 200 Å². The van der Waals surface area contributed by atoms with Gasteiger partial charge in [0.25, 0.3) is 5.91 Å². The average molecular weight is 472 g/mol. The van der Waals surface area contributed by atoms with E-state index in [2.05, 4.69) is 16.6 Å². The minimum absolute atomic E-state index is 0.0784. The van der Waals surface area contributed by atoms with Gasteiger partial charge in [-0.15, -0.1) is 12.3 Å². The van der Waals surface area contributed by atoms with Crippen molar-refractivity contribution < 1.29 is 28.6 Å². The number of anilines is 1. The van der Waals surface area contributed by atoms with Crippen LogP contribution >= 0.6 is 0 Å². The van der Waals surface area contributed by atoms with Crippen molar-refractivity contribution in [2.24, 2.45) is 0 Å². The standard InChI is InChI=1S/C27H21FN2O5/c1-2-7-24(26(32)33)30-25(31)21-13-12-16(14-23(21)28)29-27(34)35-15-22-19-10-5-3-8-17(19)18-9-4-6-11-20(18)22/h1,3-6,8-14,22,24H,7,15H2,(H,29,34)(H,30,31)(H,32,33). The first-order chi connectivity index (χ1) is 16.9. The fourth-order valence-corrected chi connectivity index (χ4v) is 4.08. The predicted molar refractivity (Wildman–Crippen MR) is 127 cm³/mol. The van der Waals surface area contributed by atoms with E-state index in [-0.39, 0.29) is 30.2 Å². The summed E-state index contributed by atoms with van der Waals surface area (Å²) in [5.41, 5.74) is 4.02. The molecular weight excluding hydrogens is 451 g/mol. The predicted octanol–water partition coefficient (Wildman–Crippen LogP) is 4.39. The van der Waals surface area contributed by atoms with E-state index in [0.717, 1.165) is 34.4 Å². The number of carbonyl (C=O) groups excluding carboxylic acids is 2. The summed E-state index contributed by atoms with van der Waals surface area (Å²) in [6.45, 7) is 0.0919. The molecule has 0 bridgehead atoms. The van der Waals surface area contributed by atoms with Gasteiger partial charge >= 0.3 is 12.1 Å². The fraction of sp³-hybridized carbons (Fsp3) is 0.148. The zero-order chi connectivity index (χ0) is 24.9. The maximum Gasteiger partial charge on any atom is 0.411 e. The molecule has 0 aromatic heterocycles. The van der Waals surface area contributed by atoms with Crippen LogP contribution in [0.1, 0.15) is 33.8 Å². The Kier molecular flexibility index (Phi) is 6.78. The first-order valence-corrected chi connectivity index (χ1v) is 10.8. The zero-order valence-corrected chi connectivity index (χ0v) is 18.5. The molecule has 8 heteroatoms. The first kappa shape index (κ1) is 23.5. The number of benzene rings is 3. The topological polar surface area (TPSA) is 105 Å². The number of nitrogens with one attached hydrogen (secondary N) is 2. The number of carboxylic acids is 1. The normalized spacial score (nSPS) is 12.6. The quantitative estimate of drug-likeness (QED) is 0.443. The van der Waals surface area contributed by atoms with E-state index in [9.17, 15) is 18.8 Å². The van der Waals surface area contributed by atoms with Gasteiger partial charge < -0.3 is 15.2 Å². The second kappa shape index (κ2) is 10.1. The Bertz CT molecular complexity index is 1300. The van der Waals surface area contributed by atoms with Gasteiger partial charge in [-0.3, -0.25) is 10.1 Å². The molecule has 35 heavy (non-hydrogen) atoms. The summed E-state index contributed by atoms with van der Waals surface area (Å²) in [6.07, 6.45) is 4.08. The summed E-state index contributed by atoms with van der Waals surface area (Å²) in [5.74, 6) is -1.18. The van der Waals surface area contributed by atoms with Gasteiger partial charge in [-0.25, -0.2) is 14.0 Å². The molecule has 0 fully saturated rings. The number of hydrogen-bond donors (Lipinski definition) is 3. The van der Waals surface area contributed by atoms with Gasteiger partial charge in [0.1, 0.15) is 18.5 Å². The maximum atomic E-state index is 14.5. The van der Waals surface area contributed by atoms with E-state index >= 15 is 0 Å². The van der Waals surface area contributed by atoms with Crippen molar-refractivity contribution in [1.82, 2.24) is 5.32 Å². The fourth-order valence-electron chi connectivity index (χ4n) is 4.08. The lowest BCUT2D eigenvalue weighted by molar-refractivity contribution is -0.139. The minimum atomic E-state index is -1.34. The van der Waals surface area contributed by atoms with Crippen molar-refractivity contribution in [2.45, 2.75) is 18.4 Å². The number of ether oxygens (including phenoxy) is 1. The van der Waals surface area contributed by atoms with Gasteiger partial charge in [-0.1, -0.05) is 48.5 Å². The highest BCUT2D eigenvalue weighted by Crippen LogP contribution is 2.44. The maximum absolute atomic E-state index is 14.5. The van der Waals surface area contributed by atoms with E-state index in [1.54, 1.807) is 0 Å². The van der Waals surface area contributed by atoms with Crippen LogP contribution in [0.3, 0.4) is 0 Å². The van der Waals surface area contributed by atoms with Crippen molar-refractivity contribution >= 4 is 23.7 Å². The molecule has 3 N–H and O–H groups in total. The lowest BCUT2D eigenvalue weighted by Crippen LogP contribution is -2.40. The van der Waals surface area contributed by atoms with Crippen LogP contribution < -0.4 is 10.6 Å². The second-order valence-electron chi connectivity index (χ2n) is 7.92. The van der Waals surface area contributed by atoms with Gasteiger partial charge in [-0.05, 0) is 40.5 Å². The highest BCUT2D eigenvalue weighted by atomic mass is 19.1. The summed E-state index contributed by atoms with van der Waals surface area (Å²) in [4.78, 5) is 35.8. The molecule has 0 radical (unpaired) electrons. The molecule has 1 aliphatic carbocycles. The molecular formula is C27H21FN2O5. The van der Waals surface area contributed by atoms with Crippen LogP contribution in [0, 0.1) is 18.2 Å².